The molecule has 2 rings (SSSR count). The molecule has 0 aliphatic rings. The summed E-state index contributed by atoms with van der Waals surface area (Å²) in [6, 6.07) is 12.6. The zero-order chi connectivity index (χ0) is 14.5. The fourth-order valence-corrected chi connectivity index (χ4v) is 2.62. The normalized spacial score (nSPS) is 10.1. The molecule has 2 aromatic carbocycles. The lowest BCUT2D eigenvalue weighted by Crippen LogP contribution is -1.97. The minimum absolute atomic E-state index is 0.972. The first kappa shape index (κ1) is 14.1. The van der Waals surface area contributed by atoms with E-state index in [0.29, 0.717) is 0 Å². The van der Waals surface area contributed by atoms with E-state index in [-0.39, 0.29) is 0 Å². The SMILES string of the molecule is C=Cc1cc(CC)c(C=C)c(-c2ccccc2)c1C=C. The topological polar surface area (TPSA) is 0 Å². The molecule has 0 aromatic heterocycles. The van der Waals surface area contributed by atoms with Gasteiger partial charge in [0, 0.05) is 0 Å². The minimum Gasteiger partial charge on any atom is -0.0984 e. The van der Waals surface area contributed by atoms with Crippen molar-refractivity contribution in [2.45, 2.75) is 13.3 Å². The quantitative estimate of drug-likeness (QED) is 0.633. The highest BCUT2D eigenvalue weighted by Gasteiger charge is 2.13. The van der Waals surface area contributed by atoms with Crippen LogP contribution in [-0.2, 0) is 6.42 Å². The molecule has 0 nitrogen and oxygen atoms in total. The highest BCUT2D eigenvalue weighted by molar-refractivity contribution is 5.88. The molecule has 0 N–H and O–H groups in total. The first-order valence-corrected chi connectivity index (χ1v) is 6.89. The van der Waals surface area contributed by atoms with Crippen LogP contribution in [0.15, 0.2) is 56.1 Å². The maximum Gasteiger partial charge on any atom is -0.00305 e. The average molecular weight is 260 g/mol. The summed E-state index contributed by atoms with van der Waals surface area (Å²) in [6.07, 6.45) is 6.72. The molecule has 0 saturated heterocycles. The van der Waals surface area contributed by atoms with Crippen molar-refractivity contribution >= 4 is 18.2 Å². The van der Waals surface area contributed by atoms with E-state index in [0.717, 1.165) is 17.5 Å². The highest BCUT2D eigenvalue weighted by Crippen LogP contribution is 2.35. The minimum atomic E-state index is 0.972. The van der Waals surface area contributed by atoms with E-state index >= 15 is 0 Å². The molecule has 0 aliphatic heterocycles. The van der Waals surface area contributed by atoms with Gasteiger partial charge in [-0.05, 0) is 39.8 Å². The van der Waals surface area contributed by atoms with Crippen LogP contribution in [0.5, 0.6) is 0 Å². The fourth-order valence-electron chi connectivity index (χ4n) is 2.62. The highest BCUT2D eigenvalue weighted by atomic mass is 14.2. The Bertz CT molecular complexity index is 645. The van der Waals surface area contributed by atoms with E-state index < -0.39 is 0 Å². The second-order valence-corrected chi connectivity index (χ2v) is 4.66. The van der Waals surface area contributed by atoms with E-state index in [9.17, 15) is 0 Å². The zero-order valence-corrected chi connectivity index (χ0v) is 12.0. The fraction of sp³-hybridized carbons (Fsp3) is 0.100. The number of hydrogen-bond donors (Lipinski definition) is 0. The van der Waals surface area contributed by atoms with Gasteiger partial charge in [-0.15, -0.1) is 0 Å². The van der Waals surface area contributed by atoms with E-state index in [1.165, 1.54) is 22.3 Å². The summed E-state index contributed by atoms with van der Waals surface area (Å²) < 4.78 is 0. The van der Waals surface area contributed by atoms with Crippen molar-refractivity contribution in [3.8, 4) is 11.1 Å². The van der Waals surface area contributed by atoms with Gasteiger partial charge in [-0.1, -0.05) is 81.3 Å². The van der Waals surface area contributed by atoms with Crippen molar-refractivity contribution in [3.05, 3.63) is 78.4 Å². The lowest BCUT2D eigenvalue weighted by atomic mass is 9.86. The number of rotatable bonds is 5. The van der Waals surface area contributed by atoms with Crippen molar-refractivity contribution in [2.24, 2.45) is 0 Å². The first-order chi connectivity index (χ1) is 9.76. The third-order valence-corrected chi connectivity index (χ3v) is 3.60. The molecule has 0 atom stereocenters. The molecule has 0 heteroatoms. The lowest BCUT2D eigenvalue weighted by molar-refractivity contribution is 1.13. The van der Waals surface area contributed by atoms with Crippen LogP contribution < -0.4 is 0 Å². The van der Waals surface area contributed by atoms with Gasteiger partial charge >= 0.3 is 0 Å². The number of benzene rings is 2. The summed E-state index contributed by atoms with van der Waals surface area (Å²) in [5.74, 6) is 0. The van der Waals surface area contributed by atoms with Gasteiger partial charge in [0.05, 0.1) is 0 Å². The Balaban J connectivity index is 2.90. The molecule has 0 amide bonds. The molecule has 0 fully saturated rings. The van der Waals surface area contributed by atoms with E-state index in [1.807, 2.05) is 24.3 Å². The predicted octanol–water partition coefficient (Wildman–Crippen LogP) is 5.85. The van der Waals surface area contributed by atoms with Crippen LogP contribution in [0.4, 0.5) is 0 Å². The maximum absolute atomic E-state index is 4.00. The Morgan fingerprint density at radius 3 is 2.05 bits per heavy atom. The predicted molar refractivity (Wildman–Crippen MR) is 91.5 cm³/mol. The van der Waals surface area contributed by atoms with Gasteiger partial charge in [-0.3, -0.25) is 0 Å². The van der Waals surface area contributed by atoms with Crippen LogP contribution in [-0.4, -0.2) is 0 Å². The van der Waals surface area contributed by atoms with Crippen LogP contribution in [0.25, 0.3) is 29.4 Å². The van der Waals surface area contributed by atoms with E-state index in [2.05, 4.69) is 57.0 Å². The average Bonchev–Trinajstić information content (AvgIpc) is 2.53. The molecule has 100 valence electrons. The molecule has 0 saturated carbocycles. The molecule has 0 bridgehead atoms. The van der Waals surface area contributed by atoms with Crippen molar-refractivity contribution < 1.29 is 0 Å². The Kier molecular flexibility index (Phi) is 4.37. The Morgan fingerprint density at radius 1 is 0.900 bits per heavy atom. The van der Waals surface area contributed by atoms with Crippen molar-refractivity contribution in [2.75, 3.05) is 0 Å². The Morgan fingerprint density at radius 2 is 1.55 bits per heavy atom. The van der Waals surface area contributed by atoms with Crippen molar-refractivity contribution in [3.63, 3.8) is 0 Å². The third kappa shape index (κ3) is 2.37. The van der Waals surface area contributed by atoms with Crippen LogP contribution in [0.3, 0.4) is 0 Å². The molecular formula is C20H20. The first-order valence-electron chi connectivity index (χ1n) is 6.89. The van der Waals surface area contributed by atoms with Crippen LogP contribution in [0.1, 0.15) is 29.2 Å². The molecule has 0 unspecified atom stereocenters. The molecule has 2 aromatic rings. The molecule has 0 aliphatic carbocycles. The van der Waals surface area contributed by atoms with Gasteiger partial charge in [0.15, 0.2) is 0 Å². The van der Waals surface area contributed by atoms with Gasteiger partial charge in [-0.25, -0.2) is 0 Å². The number of hydrogen-bond acceptors (Lipinski definition) is 0. The molecule has 0 spiro atoms. The molecule has 20 heavy (non-hydrogen) atoms. The smallest absolute Gasteiger partial charge is 0.00305 e. The second kappa shape index (κ2) is 6.21. The van der Waals surface area contributed by atoms with Crippen LogP contribution >= 0.6 is 0 Å². The Labute approximate surface area is 121 Å². The summed E-state index contributed by atoms with van der Waals surface area (Å²) in [4.78, 5) is 0. The summed E-state index contributed by atoms with van der Waals surface area (Å²) in [7, 11) is 0. The van der Waals surface area contributed by atoms with Gasteiger partial charge in [0.25, 0.3) is 0 Å². The molecule has 0 radical (unpaired) electrons. The number of aryl methyl sites for hydroxylation is 1. The monoisotopic (exact) mass is 260 g/mol. The maximum atomic E-state index is 4.00. The van der Waals surface area contributed by atoms with Crippen molar-refractivity contribution in [1.82, 2.24) is 0 Å². The van der Waals surface area contributed by atoms with Gasteiger partial charge in [-0.2, -0.15) is 0 Å². The summed E-state index contributed by atoms with van der Waals surface area (Å²) in [5, 5.41) is 0. The summed E-state index contributed by atoms with van der Waals surface area (Å²) >= 11 is 0. The van der Waals surface area contributed by atoms with Crippen molar-refractivity contribution in [1.29, 1.82) is 0 Å². The van der Waals surface area contributed by atoms with Gasteiger partial charge in [0.2, 0.25) is 0 Å². The second-order valence-electron chi connectivity index (χ2n) is 4.66. The van der Waals surface area contributed by atoms with Gasteiger partial charge < -0.3 is 0 Å². The van der Waals surface area contributed by atoms with Crippen LogP contribution in [0.2, 0.25) is 0 Å². The molecular weight excluding hydrogens is 240 g/mol. The van der Waals surface area contributed by atoms with Gasteiger partial charge in [0.1, 0.15) is 0 Å². The largest absolute Gasteiger partial charge is 0.0984 e. The summed E-state index contributed by atoms with van der Waals surface area (Å²) in [5.41, 5.74) is 7.12. The van der Waals surface area contributed by atoms with E-state index in [4.69, 9.17) is 0 Å². The lowest BCUT2D eigenvalue weighted by Gasteiger charge is -2.17. The summed E-state index contributed by atoms with van der Waals surface area (Å²) in [6.45, 7) is 14.1. The Hall–Kier alpha value is -2.34. The zero-order valence-electron chi connectivity index (χ0n) is 12.0. The molecule has 0 heterocycles. The van der Waals surface area contributed by atoms with Crippen LogP contribution in [0, 0.1) is 0 Å². The third-order valence-electron chi connectivity index (χ3n) is 3.60. The standard InChI is InChI=1S/C20H20/c1-5-15-14-16(6-2)19(8-4)20(18(15)7-3)17-12-10-9-11-13-17/h5,7-14H,1,3-4,6H2,2H3. The van der Waals surface area contributed by atoms with E-state index in [1.54, 1.807) is 0 Å².